The topological polar surface area (TPSA) is 70.2 Å². The highest BCUT2D eigenvalue weighted by Crippen LogP contribution is 2.40. The van der Waals surface area contributed by atoms with E-state index in [1.165, 1.54) is 19.3 Å². The molecule has 6 nitrogen and oxygen atoms in total. The van der Waals surface area contributed by atoms with Gasteiger partial charge in [0.1, 0.15) is 0 Å². The summed E-state index contributed by atoms with van der Waals surface area (Å²) in [7, 11) is 0. The monoisotopic (exact) mass is 454 g/mol. The van der Waals surface area contributed by atoms with Crippen LogP contribution in [0, 0.1) is 6.92 Å². The molecular weight excluding hydrogens is 432 g/mol. The number of amides is 1. The highest BCUT2D eigenvalue weighted by atomic mass is 79.9. The van der Waals surface area contributed by atoms with E-state index in [1.54, 1.807) is 12.1 Å². The Hall–Kier alpha value is -2.51. The molecule has 0 radical (unpaired) electrons. The van der Waals surface area contributed by atoms with Gasteiger partial charge in [0.25, 0.3) is 5.91 Å². The molecule has 1 N–H and O–H groups in total. The van der Waals surface area contributed by atoms with Crippen LogP contribution in [0.5, 0.6) is 5.88 Å². The van der Waals surface area contributed by atoms with Crippen molar-refractivity contribution in [2.45, 2.75) is 32.9 Å². The van der Waals surface area contributed by atoms with Crippen LogP contribution in [0.2, 0.25) is 0 Å². The quantitative estimate of drug-likeness (QED) is 0.507. The second-order valence-corrected chi connectivity index (χ2v) is 8.32. The summed E-state index contributed by atoms with van der Waals surface area (Å²) in [5, 5.41) is 19.8. The fourth-order valence-corrected chi connectivity index (χ4v) is 4.16. The van der Waals surface area contributed by atoms with Gasteiger partial charge >= 0.3 is 0 Å². The fourth-order valence-electron chi connectivity index (χ4n) is 3.80. The van der Waals surface area contributed by atoms with Crippen LogP contribution in [0.25, 0.3) is 10.9 Å². The lowest BCUT2D eigenvalue weighted by atomic mass is 10.1. The van der Waals surface area contributed by atoms with Crippen molar-refractivity contribution in [3.05, 3.63) is 58.1 Å². The molecule has 0 aliphatic carbocycles. The first-order valence-corrected chi connectivity index (χ1v) is 10.6. The lowest BCUT2D eigenvalue weighted by Crippen LogP contribution is -2.31. The highest BCUT2D eigenvalue weighted by molar-refractivity contribution is 9.10. The summed E-state index contributed by atoms with van der Waals surface area (Å²) in [6.45, 7) is 4.48. The van der Waals surface area contributed by atoms with Crippen molar-refractivity contribution in [3.63, 3.8) is 0 Å². The number of hydrogen-bond donors (Lipinski definition) is 1. The molecule has 1 amide bonds. The number of piperidine rings is 1. The molecule has 0 saturated carbocycles. The maximum Gasteiger partial charge on any atom is 0.295 e. The predicted octanol–water partition coefficient (Wildman–Crippen LogP) is 5.79. The molecule has 29 heavy (non-hydrogen) atoms. The molecule has 3 aromatic rings. The van der Waals surface area contributed by atoms with Crippen molar-refractivity contribution >= 4 is 38.4 Å². The minimum absolute atomic E-state index is 0.0324. The van der Waals surface area contributed by atoms with Crippen molar-refractivity contribution < 1.29 is 9.90 Å². The third-order valence-corrected chi connectivity index (χ3v) is 5.87. The van der Waals surface area contributed by atoms with Crippen molar-refractivity contribution in [2.75, 3.05) is 13.1 Å². The molecule has 2 heterocycles. The number of aromatic hydroxyl groups is 1. The number of halogens is 1. The number of fused-ring (bicyclic) bond motifs is 1. The highest BCUT2D eigenvalue weighted by Gasteiger charge is 2.20. The first kappa shape index (κ1) is 19.8. The molecule has 0 bridgehead atoms. The SMILES string of the molecule is Cc1ccccc1C(=O)N=Nc1c(O)n(CN2CCCCC2)c2ccc(Br)cc12. The van der Waals surface area contributed by atoms with E-state index in [2.05, 4.69) is 31.1 Å². The Morgan fingerprint density at radius 1 is 1.14 bits per heavy atom. The molecule has 1 aromatic heterocycles. The summed E-state index contributed by atoms with van der Waals surface area (Å²) < 4.78 is 2.72. The Balaban J connectivity index is 1.71. The number of rotatable bonds is 4. The van der Waals surface area contributed by atoms with Crippen LogP contribution in [-0.4, -0.2) is 33.6 Å². The van der Waals surface area contributed by atoms with Crippen molar-refractivity contribution in [2.24, 2.45) is 10.2 Å². The van der Waals surface area contributed by atoms with Crippen molar-refractivity contribution in [1.82, 2.24) is 9.47 Å². The van der Waals surface area contributed by atoms with E-state index in [0.717, 1.165) is 34.0 Å². The van der Waals surface area contributed by atoms with Crippen LogP contribution in [-0.2, 0) is 6.67 Å². The number of hydrogen-bond acceptors (Lipinski definition) is 4. The van der Waals surface area contributed by atoms with Gasteiger partial charge in [-0.3, -0.25) is 14.3 Å². The van der Waals surface area contributed by atoms with E-state index in [1.807, 2.05) is 41.8 Å². The summed E-state index contributed by atoms with van der Waals surface area (Å²) >= 11 is 3.48. The first-order valence-electron chi connectivity index (χ1n) is 9.79. The normalized spacial score (nSPS) is 15.4. The largest absolute Gasteiger partial charge is 0.493 e. The van der Waals surface area contributed by atoms with Crippen LogP contribution in [0.1, 0.15) is 35.2 Å². The predicted molar refractivity (Wildman–Crippen MR) is 117 cm³/mol. The van der Waals surface area contributed by atoms with E-state index >= 15 is 0 Å². The molecule has 0 spiro atoms. The molecule has 4 rings (SSSR count). The Labute approximate surface area is 178 Å². The van der Waals surface area contributed by atoms with Crippen LogP contribution < -0.4 is 0 Å². The smallest absolute Gasteiger partial charge is 0.295 e. The summed E-state index contributed by atoms with van der Waals surface area (Å²) in [5.74, 6) is -0.389. The Kier molecular flexibility index (Phi) is 5.78. The Morgan fingerprint density at radius 3 is 2.66 bits per heavy atom. The standard InChI is InChI=1S/C22H23BrN4O2/c1-15-7-3-4-8-17(15)21(28)25-24-20-18-13-16(23)9-10-19(18)27(22(20)29)14-26-11-5-2-6-12-26/h3-4,7-10,13,29H,2,5-6,11-12,14H2,1H3. The average molecular weight is 455 g/mol. The van der Waals surface area contributed by atoms with E-state index in [-0.39, 0.29) is 5.88 Å². The summed E-state index contributed by atoms with van der Waals surface area (Å²) in [6, 6.07) is 13.1. The van der Waals surface area contributed by atoms with Gasteiger partial charge in [-0.2, -0.15) is 0 Å². The lowest BCUT2D eigenvalue weighted by molar-refractivity contribution is 0.0994. The van der Waals surface area contributed by atoms with Gasteiger partial charge in [-0.1, -0.05) is 40.5 Å². The third kappa shape index (κ3) is 4.11. The van der Waals surface area contributed by atoms with Crippen LogP contribution in [0.3, 0.4) is 0 Å². The van der Waals surface area contributed by atoms with E-state index in [4.69, 9.17) is 0 Å². The molecule has 7 heteroatoms. The second kappa shape index (κ2) is 8.47. The Bertz CT molecular complexity index is 1080. The second-order valence-electron chi connectivity index (χ2n) is 7.40. The van der Waals surface area contributed by atoms with Gasteiger partial charge in [-0.25, -0.2) is 0 Å². The number of nitrogens with zero attached hydrogens (tertiary/aromatic N) is 4. The molecular formula is C22H23BrN4O2. The summed E-state index contributed by atoms with van der Waals surface area (Å²) in [5.41, 5.74) is 2.54. The molecule has 0 unspecified atom stereocenters. The molecule has 1 fully saturated rings. The molecule has 1 aliphatic heterocycles. The minimum Gasteiger partial charge on any atom is -0.493 e. The van der Waals surface area contributed by atoms with Gasteiger partial charge < -0.3 is 5.11 Å². The molecule has 1 aliphatic rings. The van der Waals surface area contributed by atoms with Crippen LogP contribution in [0.15, 0.2) is 57.2 Å². The number of likely N-dealkylation sites (tertiary alicyclic amines) is 1. The summed E-state index contributed by atoms with van der Waals surface area (Å²) in [6.07, 6.45) is 3.59. The number of carbonyl (C=O) groups is 1. The van der Waals surface area contributed by atoms with Crippen LogP contribution in [0.4, 0.5) is 5.69 Å². The van der Waals surface area contributed by atoms with Gasteiger partial charge in [0.05, 0.1) is 12.2 Å². The minimum atomic E-state index is -0.422. The molecule has 150 valence electrons. The third-order valence-electron chi connectivity index (χ3n) is 5.38. The molecule has 1 saturated heterocycles. The number of benzene rings is 2. The van der Waals surface area contributed by atoms with Crippen molar-refractivity contribution in [3.8, 4) is 5.88 Å². The maximum atomic E-state index is 12.5. The van der Waals surface area contributed by atoms with Gasteiger partial charge in [-0.05, 0) is 62.7 Å². The van der Waals surface area contributed by atoms with E-state index in [0.29, 0.717) is 17.9 Å². The zero-order valence-corrected chi connectivity index (χ0v) is 17.9. The zero-order valence-electron chi connectivity index (χ0n) is 16.3. The van der Waals surface area contributed by atoms with Crippen molar-refractivity contribution in [1.29, 1.82) is 0 Å². The number of aryl methyl sites for hydroxylation is 1. The summed E-state index contributed by atoms with van der Waals surface area (Å²) in [4.78, 5) is 14.8. The van der Waals surface area contributed by atoms with E-state index in [9.17, 15) is 9.90 Å². The Morgan fingerprint density at radius 2 is 1.90 bits per heavy atom. The van der Waals surface area contributed by atoms with Gasteiger partial charge in [0.2, 0.25) is 5.88 Å². The maximum absolute atomic E-state index is 12.5. The van der Waals surface area contributed by atoms with E-state index < -0.39 is 5.91 Å². The number of azo groups is 1. The average Bonchev–Trinajstić information content (AvgIpc) is 2.98. The van der Waals surface area contributed by atoms with Gasteiger partial charge in [0.15, 0.2) is 5.69 Å². The fraction of sp³-hybridized carbons (Fsp3) is 0.318. The first-order chi connectivity index (χ1) is 14.0. The number of aromatic nitrogens is 1. The molecule has 2 aromatic carbocycles. The number of carbonyl (C=O) groups excluding carboxylic acids is 1. The lowest BCUT2D eigenvalue weighted by Gasteiger charge is -2.27. The molecule has 0 atom stereocenters. The van der Waals surface area contributed by atoms with Gasteiger partial charge in [-0.15, -0.1) is 10.2 Å². The van der Waals surface area contributed by atoms with Crippen LogP contribution >= 0.6 is 15.9 Å². The van der Waals surface area contributed by atoms with Gasteiger partial charge in [0, 0.05) is 15.4 Å². The zero-order chi connectivity index (χ0) is 20.4.